The number of hydrogen-bond donors (Lipinski definition) is 4. The number of amides is 2. The highest BCUT2D eigenvalue weighted by Crippen LogP contribution is 1.93. The Labute approximate surface area is 109 Å². The number of thiol groups is 2. The summed E-state index contributed by atoms with van der Waals surface area (Å²) in [6, 6.07) is 0. The molecule has 0 radical (unpaired) electrons. The Morgan fingerprint density at radius 3 is 2.19 bits per heavy atom. The van der Waals surface area contributed by atoms with Crippen LogP contribution in [0.1, 0.15) is 33.1 Å². The van der Waals surface area contributed by atoms with Gasteiger partial charge in [-0.15, -0.1) is 0 Å². The summed E-state index contributed by atoms with van der Waals surface area (Å²) in [5.41, 5.74) is 4.65. The average molecular weight is 266 g/mol. The van der Waals surface area contributed by atoms with Crippen LogP contribution in [0.15, 0.2) is 0 Å². The van der Waals surface area contributed by atoms with E-state index in [4.69, 9.17) is 0 Å². The summed E-state index contributed by atoms with van der Waals surface area (Å²) in [5.74, 6) is 0.643. The number of hydrogen-bond acceptors (Lipinski definition) is 4. The summed E-state index contributed by atoms with van der Waals surface area (Å²) in [5, 5.41) is 2.56. The fraction of sp³-hybridized carbons (Fsp3) is 0.800. The number of carbonyl (C=O) groups excluding carboxylic acids is 2. The molecule has 0 spiro atoms. The van der Waals surface area contributed by atoms with E-state index in [1.165, 1.54) is 0 Å². The third-order valence-corrected chi connectivity index (χ3v) is 2.16. The number of carbonyl (C=O) groups is 2. The van der Waals surface area contributed by atoms with Crippen molar-refractivity contribution in [2.75, 3.05) is 12.3 Å². The molecule has 0 saturated heterocycles. The monoisotopic (exact) mass is 266 g/mol. The molecule has 0 aliphatic carbocycles. The summed E-state index contributed by atoms with van der Waals surface area (Å²) in [6.07, 6.45) is 2.49. The second-order valence-corrected chi connectivity index (χ2v) is 4.44. The van der Waals surface area contributed by atoms with E-state index in [1.807, 2.05) is 0 Å². The standard InChI is InChI=1S/C7H15NOS2.C3H7NO/c1-6(11)7(9)8-4-2-3-5-10;1-2-3(4)5/h6,10-11H,2-5H2,1H3,(H,8,9);2H2,1H3,(H2,4,5). The highest BCUT2D eigenvalue weighted by molar-refractivity contribution is 7.81. The SMILES string of the molecule is CC(S)C(=O)NCCCCS.CCC(N)=O. The van der Waals surface area contributed by atoms with Gasteiger partial charge in [-0.1, -0.05) is 6.92 Å². The van der Waals surface area contributed by atoms with E-state index in [-0.39, 0.29) is 17.1 Å². The molecule has 16 heavy (non-hydrogen) atoms. The van der Waals surface area contributed by atoms with Crippen molar-refractivity contribution in [1.82, 2.24) is 5.32 Å². The first-order chi connectivity index (χ1) is 7.45. The number of primary amides is 1. The first-order valence-electron chi connectivity index (χ1n) is 5.30. The smallest absolute Gasteiger partial charge is 0.232 e. The zero-order valence-corrected chi connectivity index (χ0v) is 11.7. The van der Waals surface area contributed by atoms with Gasteiger partial charge in [0.2, 0.25) is 11.8 Å². The maximum atomic E-state index is 10.9. The van der Waals surface area contributed by atoms with Gasteiger partial charge < -0.3 is 11.1 Å². The maximum Gasteiger partial charge on any atom is 0.232 e. The molecule has 0 aromatic rings. The summed E-state index contributed by atoms with van der Waals surface area (Å²) in [7, 11) is 0. The van der Waals surface area contributed by atoms with E-state index in [2.05, 4.69) is 36.3 Å². The van der Waals surface area contributed by atoms with E-state index in [1.54, 1.807) is 13.8 Å². The number of rotatable bonds is 6. The van der Waals surface area contributed by atoms with Gasteiger partial charge in [0.1, 0.15) is 0 Å². The molecule has 96 valence electrons. The topological polar surface area (TPSA) is 72.2 Å². The van der Waals surface area contributed by atoms with E-state index in [0.717, 1.165) is 25.1 Å². The molecule has 0 aliphatic heterocycles. The molecule has 0 fully saturated rings. The van der Waals surface area contributed by atoms with E-state index < -0.39 is 0 Å². The number of nitrogens with one attached hydrogen (secondary N) is 1. The molecule has 1 atom stereocenters. The van der Waals surface area contributed by atoms with Gasteiger partial charge in [0.25, 0.3) is 0 Å². The number of nitrogens with two attached hydrogens (primary N) is 1. The Bertz CT molecular complexity index is 199. The van der Waals surface area contributed by atoms with Crippen molar-refractivity contribution in [2.45, 2.75) is 38.4 Å². The van der Waals surface area contributed by atoms with Crippen molar-refractivity contribution in [3.8, 4) is 0 Å². The van der Waals surface area contributed by atoms with Crippen molar-refractivity contribution >= 4 is 37.1 Å². The Balaban J connectivity index is 0. The largest absolute Gasteiger partial charge is 0.370 e. The van der Waals surface area contributed by atoms with Crippen LogP contribution >= 0.6 is 25.3 Å². The summed E-state index contributed by atoms with van der Waals surface area (Å²) >= 11 is 8.05. The lowest BCUT2D eigenvalue weighted by Gasteiger charge is -2.05. The molecule has 3 N–H and O–H groups in total. The van der Waals surface area contributed by atoms with Gasteiger partial charge in [-0.05, 0) is 25.5 Å². The predicted molar refractivity (Wildman–Crippen MR) is 74.0 cm³/mol. The average Bonchev–Trinajstić information content (AvgIpc) is 2.24. The molecule has 0 saturated carbocycles. The minimum atomic E-state index is -0.245. The third-order valence-electron chi connectivity index (χ3n) is 1.61. The molecule has 0 aliphatic rings. The molecular weight excluding hydrogens is 244 g/mol. The Hall–Kier alpha value is -0.360. The van der Waals surface area contributed by atoms with Crippen LogP contribution < -0.4 is 11.1 Å². The number of unbranched alkanes of at least 4 members (excludes halogenated alkanes) is 1. The second-order valence-electron chi connectivity index (χ2n) is 3.22. The Morgan fingerprint density at radius 2 is 1.88 bits per heavy atom. The lowest BCUT2D eigenvalue weighted by Crippen LogP contribution is -2.30. The van der Waals surface area contributed by atoms with Gasteiger partial charge in [0.05, 0.1) is 5.25 Å². The van der Waals surface area contributed by atoms with Crippen molar-refractivity contribution in [3.63, 3.8) is 0 Å². The van der Waals surface area contributed by atoms with Crippen molar-refractivity contribution in [3.05, 3.63) is 0 Å². The minimum absolute atomic E-state index is 0.00694. The van der Waals surface area contributed by atoms with Gasteiger partial charge in [0.15, 0.2) is 0 Å². The van der Waals surface area contributed by atoms with Crippen molar-refractivity contribution in [2.24, 2.45) is 5.73 Å². The minimum Gasteiger partial charge on any atom is -0.370 e. The zero-order chi connectivity index (χ0) is 13.0. The van der Waals surface area contributed by atoms with Crippen molar-refractivity contribution < 1.29 is 9.59 Å². The quantitative estimate of drug-likeness (QED) is 0.428. The Kier molecular flexibility index (Phi) is 14.3. The van der Waals surface area contributed by atoms with Crippen molar-refractivity contribution in [1.29, 1.82) is 0 Å². The molecule has 0 rings (SSSR count). The fourth-order valence-electron chi connectivity index (χ4n) is 0.596. The lowest BCUT2D eigenvalue weighted by molar-refractivity contribution is -0.120. The van der Waals surface area contributed by atoms with Crippen LogP contribution in [-0.4, -0.2) is 29.4 Å². The van der Waals surface area contributed by atoms with E-state index >= 15 is 0 Å². The predicted octanol–water partition coefficient (Wildman–Crippen LogP) is 1.01. The van der Waals surface area contributed by atoms with Gasteiger partial charge in [-0.25, -0.2) is 0 Å². The summed E-state index contributed by atoms with van der Waals surface area (Å²) < 4.78 is 0. The van der Waals surface area contributed by atoms with Crippen LogP contribution in [0.25, 0.3) is 0 Å². The lowest BCUT2D eigenvalue weighted by atomic mass is 10.3. The van der Waals surface area contributed by atoms with Crippen LogP contribution in [0.2, 0.25) is 0 Å². The zero-order valence-electron chi connectivity index (χ0n) is 9.90. The molecule has 6 heteroatoms. The molecule has 0 aromatic carbocycles. The highest BCUT2D eigenvalue weighted by atomic mass is 32.1. The molecule has 4 nitrogen and oxygen atoms in total. The van der Waals surface area contributed by atoms with Gasteiger partial charge >= 0.3 is 0 Å². The maximum absolute atomic E-state index is 10.9. The molecule has 0 bridgehead atoms. The first kappa shape index (κ1) is 18.0. The Morgan fingerprint density at radius 1 is 1.38 bits per heavy atom. The normalized spacial score (nSPS) is 11.0. The summed E-state index contributed by atoms with van der Waals surface area (Å²) in [4.78, 5) is 20.5. The van der Waals surface area contributed by atoms with Gasteiger partial charge in [-0.3, -0.25) is 9.59 Å². The molecule has 1 unspecified atom stereocenters. The van der Waals surface area contributed by atoms with Crippen LogP contribution in [0.5, 0.6) is 0 Å². The molecule has 2 amide bonds. The van der Waals surface area contributed by atoms with Crippen LogP contribution in [0.3, 0.4) is 0 Å². The molecule has 0 aromatic heterocycles. The third kappa shape index (κ3) is 16.1. The van der Waals surface area contributed by atoms with Gasteiger partial charge in [0, 0.05) is 13.0 Å². The van der Waals surface area contributed by atoms with Crippen LogP contribution in [-0.2, 0) is 9.59 Å². The molecule has 0 heterocycles. The van der Waals surface area contributed by atoms with Crippen LogP contribution in [0.4, 0.5) is 0 Å². The van der Waals surface area contributed by atoms with Gasteiger partial charge in [-0.2, -0.15) is 25.3 Å². The van der Waals surface area contributed by atoms with Crippen LogP contribution in [0, 0.1) is 0 Å². The molecular formula is C10H22N2O2S2. The summed E-state index contributed by atoms with van der Waals surface area (Å²) in [6.45, 7) is 4.23. The fourth-order valence-corrected chi connectivity index (χ4v) is 0.911. The highest BCUT2D eigenvalue weighted by Gasteiger charge is 2.04. The first-order valence-corrected chi connectivity index (χ1v) is 6.45. The van der Waals surface area contributed by atoms with E-state index in [9.17, 15) is 9.59 Å². The van der Waals surface area contributed by atoms with E-state index in [0.29, 0.717) is 6.42 Å². The second kappa shape index (κ2) is 12.7.